The molecular formula is C16H10F3N3O3S. The third kappa shape index (κ3) is 3.45. The summed E-state index contributed by atoms with van der Waals surface area (Å²) in [5, 5.41) is 2.17. The van der Waals surface area contributed by atoms with Crippen LogP contribution in [0.1, 0.15) is 10.4 Å². The molecule has 10 heteroatoms. The number of amides is 1. The number of ether oxygens (including phenoxy) is 1. The van der Waals surface area contributed by atoms with E-state index in [9.17, 15) is 22.8 Å². The largest absolute Gasteiger partial charge is 0.452 e. The Hall–Kier alpha value is -3.14. The van der Waals surface area contributed by atoms with E-state index >= 15 is 0 Å². The maximum absolute atomic E-state index is 13.6. The zero-order valence-electron chi connectivity index (χ0n) is 12.9. The molecule has 26 heavy (non-hydrogen) atoms. The molecule has 0 saturated heterocycles. The van der Waals surface area contributed by atoms with E-state index < -0.39 is 41.5 Å². The van der Waals surface area contributed by atoms with E-state index in [1.165, 1.54) is 12.1 Å². The summed E-state index contributed by atoms with van der Waals surface area (Å²) in [6.07, 6.45) is 0. The Morgan fingerprint density at radius 2 is 1.92 bits per heavy atom. The summed E-state index contributed by atoms with van der Waals surface area (Å²) in [7, 11) is 0. The fraction of sp³-hybridized carbons (Fsp3) is 0.0625. The summed E-state index contributed by atoms with van der Waals surface area (Å²) >= 11 is 0.746. The Bertz CT molecular complexity index is 1020. The van der Waals surface area contributed by atoms with Crippen molar-refractivity contribution in [2.24, 2.45) is 0 Å². The summed E-state index contributed by atoms with van der Waals surface area (Å²) in [6, 6.07) is 6.94. The van der Waals surface area contributed by atoms with Crippen molar-refractivity contribution >= 4 is 44.2 Å². The van der Waals surface area contributed by atoms with Crippen LogP contribution in [0, 0.1) is 17.5 Å². The van der Waals surface area contributed by atoms with Gasteiger partial charge in [-0.1, -0.05) is 23.5 Å². The first-order valence-corrected chi connectivity index (χ1v) is 7.94. The lowest BCUT2D eigenvalue weighted by molar-refractivity contribution is -0.119. The van der Waals surface area contributed by atoms with Crippen molar-refractivity contribution in [2.75, 3.05) is 17.7 Å². The lowest BCUT2D eigenvalue weighted by Crippen LogP contribution is -2.21. The van der Waals surface area contributed by atoms with Crippen molar-refractivity contribution in [3.63, 3.8) is 0 Å². The Morgan fingerprint density at radius 3 is 2.65 bits per heavy atom. The number of carbonyl (C=O) groups is 2. The number of nitrogens with two attached hydrogens (primary N) is 1. The average Bonchev–Trinajstić information content (AvgIpc) is 3.00. The number of nitrogens with zero attached hydrogens (tertiary/aromatic N) is 1. The first kappa shape index (κ1) is 17.7. The van der Waals surface area contributed by atoms with E-state index in [1.807, 2.05) is 0 Å². The summed E-state index contributed by atoms with van der Waals surface area (Å²) < 4.78 is 44.9. The van der Waals surface area contributed by atoms with Crippen LogP contribution in [0.15, 0.2) is 30.3 Å². The minimum atomic E-state index is -1.64. The quantitative estimate of drug-likeness (QED) is 0.411. The molecule has 3 aromatic rings. The summed E-state index contributed by atoms with van der Waals surface area (Å²) in [6.45, 7) is -0.645. The summed E-state index contributed by atoms with van der Waals surface area (Å²) in [4.78, 5) is 27.4. The van der Waals surface area contributed by atoms with Crippen LogP contribution in [0.4, 0.5) is 24.0 Å². The molecule has 0 unspecified atom stereocenters. The molecule has 2 aromatic carbocycles. The van der Waals surface area contributed by atoms with Crippen LogP contribution in [0.5, 0.6) is 0 Å². The van der Waals surface area contributed by atoms with Crippen LogP contribution < -0.4 is 11.1 Å². The number of benzene rings is 2. The van der Waals surface area contributed by atoms with E-state index in [4.69, 9.17) is 10.5 Å². The molecule has 3 rings (SSSR count). The molecule has 0 aliphatic heterocycles. The lowest BCUT2D eigenvalue weighted by Gasteiger charge is -2.06. The first-order chi connectivity index (χ1) is 12.4. The molecule has 0 radical (unpaired) electrons. The molecule has 0 fully saturated rings. The maximum Gasteiger partial charge on any atom is 0.340 e. The smallest absolute Gasteiger partial charge is 0.340 e. The highest BCUT2D eigenvalue weighted by molar-refractivity contribution is 7.22. The van der Waals surface area contributed by atoms with Gasteiger partial charge in [0, 0.05) is 5.69 Å². The predicted molar refractivity (Wildman–Crippen MR) is 89.3 cm³/mol. The Morgan fingerprint density at radius 1 is 1.19 bits per heavy atom. The van der Waals surface area contributed by atoms with Gasteiger partial charge in [0.2, 0.25) is 0 Å². The van der Waals surface area contributed by atoms with Crippen molar-refractivity contribution in [3.05, 3.63) is 53.3 Å². The van der Waals surface area contributed by atoms with Crippen LogP contribution >= 0.6 is 11.3 Å². The van der Waals surface area contributed by atoms with Gasteiger partial charge in [0.05, 0.1) is 10.3 Å². The third-order valence-corrected chi connectivity index (χ3v) is 4.20. The van der Waals surface area contributed by atoms with Gasteiger partial charge in [0.25, 0.3) is 5.91 Å². The van der Waals surface area contributed by atoms with Gasteiger partial charge in [-0.15, -0.1) is 0 Å². The number of aromatic nitrogens is 1. The fourth-order valence-corrected chi connectivity index (χ4v) is 2.98. The molecule has 0 atom stereocenters. The summed E-state index contributed by atoms with van der Waals surface area (Å²) in [5.74, 6) is -5.99. The SMILES string of the molecule is Nc1ccccc1C(=O)OCC(=O)Nc1nc2c(F)c(F)c(F)cc2s1. The average molecular weight is 381 g/mol. The van der Waals surface area contributed by atoms with Gasteiger partial charge in [-0.3, -0.25) is 10.1 Å². The van der Waals surface area contributed by atoms with E-state index in [2.05, 4.69) is 10.3 Å². The Balaban J connectivity index is 1.67. The van der Waals surface area contributed by atoms with E-state index in [0.29, 0.717) is 0 Å². The van der Waals surface area contributed by atoms with Crippen molar-refractivity contribution in [2.45, 2.75) is 0 Å². The van der Waals surface area contributed by atoms with Gasteiger partial charge < -0.3 is 10.5 Å². The topological polar surface area (TPSA) is 94.3 Å². The zero-order chi connectivity index (χ0) is 18.8. The van der Waals surface area contributed by atoms with Gasteiger partial charge in [-0.05, 0) is 18.2 Å². The van der Waals surface area contributed by atoms with Gasteiger partial charge >= 0.3 is 5.97 Å². The monoisotopic (exact) mass is 381 g/mol. The van der Waals surface area contributed by atoms with Crippen molar-refractivity contribution in [3.8, 4) is 0 Å². The highest BCUT2D eigenvalue weighted by atomic mass is 32.1. The van der Waals surface area contributed by atoms with E-state index in [0.717, 1.165) is 17.4 Å². The molecule has 0 aliphatic carbocycles. The van der Waals surface area contributed by atoms with E-state index in [1.54, 1.807) is 12.1 Å². The number of hydrogen-bond acceptors (Lipinski definition) is 6. The lowest BCUT2D eigenvalue weighted by atomic mass is 10.2. The van der Waals surface area contributed by atoms with Crippen molar-refractivity contribution in [1.29, 1.82) is 0 Å². The number of para-hydroxylation sites is 1. The standard InChI is InChI=1S/C16H10F3N3O3S/c17-8-5-10-14(13(19)12(8)18)22-16(26-10)21-11(23)6-25-15(24)7-3-1-2-4-9(7)20/h1-5H,6,20H2,(H,21,22,23). The number of fused-ring (bicyclic) bond motifs is 1. The minimum Gasteiger partial charge on any atom is -0.452 e. The predicted octanol–water partition coefficient (Wildman–Crippen LogP) is 3.09. The van der Waals surface area contributed by atoms with Crippen LogP contribution in [-0.2, 0) is 9.53 Å². The Labute approximate surface area is 148 Å². The number of esters is 1. The molecule has 0 spiro atoms. The van der Waals surface area contributed by atoms with Gasteiger partial charge in [-0.25, -0.2) is 22.9 Å². The molecule has 6 nitrogen and oxygen atoms in total. The molecule has 1 aromatic heterocycles. The molecule has 0 aliphatic rings. The Kier molecular flexibility index (Phi) is 4.76. The molecular weight excluding hydrogens is 371 g/mol. The number of halogens is 3. The maximum atomic E-state index is 13.6. The molecule has 134 valence electrons. The molecule has 1 amide bonds. The van der Waals surface area contributed by atoms with Crippen LogP contribution in [0.2, 0.25) is 0 Å². The second-order valence-corrected chi connectivity index (χ2v) is 6.09. The van der Waals surface area contributed by atoms with Crippen LogP contribution in [-0.4, -0.2) is 23.5 Å². The van der Waals surface area contributed by atoms with Crippen LogP contribution in [0.3, 0.4) is 0 Å². The number of anilines is 2. The highest BCUT2D eigenvalue weighted by Gasteiger charge is 2.19. The molecule has 1 heterocycles. The number of hydrogen-bond donors (Lipinski definition) is 2. The normalized spacial score (nSPS) is 10.7. The second-order valence-electron chi connectivity index (χ2n) is 5.06. The molecule has 3 N–H and O–H groups in total. The van der Waals surface area contributed by atoms with Crippen molar-refractivity contribution < 1.29 is 27.5 Å². The molecule has 0 saturated carbocycles. The number of nitrogens with one attached hydrogen (secondary N) is 1. The number of carbonyl (C=O) groups excluding carboxylic acids is 2. The van der Waals surface area contributed by atoms with Gasteiger partial charge in [0.15, 0.2) is 29.2 Å². The number of rotatable bonds is 4. The second kappa shape index (κ2) is 7.00. The molecule has 0 bridgehead atoms. The van der Waals surface area contributed by atoms with Crippen molar-refractivity contribution in [1.82, 2.24) is 4.98 Å². The minimum absolute atomic E-state index is 0.0192. The summed E-state index contributed by atoms with van der Waals surface area (Å²) in [5.41, 5.74) is 5.52. The van der Waals surface area contributed by atoms with Crippen LogP contribution in [0.25, 0.3) is 10.2 Å². The van der Waals surface area contributed by atoms with Gasteiger partial charge in [0.1, 0.15) is 5.52 Å². The first-order valence-electron chi connectivity index (χ1n) is 7.12. The number of thiazole rings is 1. The fourth-order valence-electron chi connectivity index (χ4n) is 2.07. The zero-order valence-corrected chi connectivity index (χ0v) is 13.7. The van der Waals surface area contributed by atoms with E-state index in [-0.39, 0.29) is 21.1 Å². The van der Waals surface area contributed by atoms with Gasteiger partial charge in [-0.2, -0.15) is 0 Å². The number of nitrogen functional groups attached to an aromatic ring is 1. The highest BCUT2D eigenvalue weighted by Crippen LogP contribution is 2.30. The third-order valence-electron chi connectivity index (χ3n) is 3.28.